The Balaban J connectivity index is 1.70. The van der Waals surface area contributed by atoms with Crippen molar-refractivity contribution in [1.29, 1.82) is 0 Å². The van der Waals surface area contributed by atoms with Crippen LogP contribution in [0.2, 0.25) is 0 Å². The van der Waals surface area contributed by atoms with E-state index in [-0.39, 0.29) is 11.9 Å². The molecule has 0 unspecified atom stereocenters. The van der Waals surface area contributed by atoms with Gasteiger partial charge in [0, 0.05) is 56.7 Å². The molecule has 0 fully saturated rings. The number of nitrogens with zero attached hydrogens (tertiary/aromatic N) is 8. The van der Waals surface area contributed by atoms with Crippen molar-refractivity contribution >= 4 is 34.6 Å². The van der Waals surface area contributed by atoms with E-state index in [1.54, 1.807) is 40.4 Å². The second-order valence-electron chi connectivity index (χ2n) is 7.47. The Morgan fingerprint density at radius 3 is 2.65 bits per heavy atom. The number of aromatic nitrogens is 6. The summed E-state index contributed by atoms with van der Waals surface area (Å²) in [6.07, 6.45) is 7.99. The Morgan fingerprint density at radius 2 is 1.97 bits per heavy atom. The number of aryl methyl sites for hydroxylation is 2. The minimum atomic E-state index is -0.385. The number of carbonyl (C=O) groups excluding carboxylic acids is 1. The smallest absolute Gasteiger partial charge is 0.250 e. The van der Waals surface area contributed by atoms with Crippen LogP contribution < -0.4 is 9.80 Å². The highest BCUT2D eigenvalue weighted by atomic mass is 32.1. The summed E-state index contributed by atoms with van der Waals surface area (Å²) in [5.74, 6) is 1.95. The lowest BCUT2D eigenvalue weighted by atomic mass is 10.1. The van der Waals surface area contributed by atoms with E-state index < -0.39 is 0 Å². The maximum absolute atomic E-state index is 13.1. The minimum absolute atomic E-state index is 0.000175. The fourth-order valence-electron chi connectivity index (χ4n) is 3.98. The molecule has 4 aromatic rings. The van der Waals surface area contributed by atoms with Crippen LogP contribution in [-0.2, 0) is 18.9 Å². The molecule has 158 valence electrons. The summed E-state index contributed by atoms with van der Waals surface area (Å²) >= 11 is 1.57. The SMILES string of the molecule is CC[C@@H]1C(=O)N(C)c2cnc(-c3ccn(C)c3-c3nccs3)nc2N1c1ccn(C)n1. The van der Waals surface area contributed by atoms with Gasteiger partial charge in [-0.2, -0.15) is 5.10 Å². The van der Waals surface area contributed by atoms with Crippen molar-refractivity contribution in [3.63, 3.8) is 0 Å². The fraction of sp³-hybridized carbons (Fsp3) is 0.286. The number of rotatable bonds is 4. The topological polar surface area (TPSA) is 85.0 Å². The van der Waals surface area contributed by atoms with Gasteiger partial charge in [0.15, 0.2) is 17.5 Å². The third-order valence-electron chi connectivity index (χ3n) is 5.55. The Morgan fingerprint density at radius 1 is 1.13 bits per heavy atom. The lowest BCUT2D eigenvalue weighted by Gasteiger charge is -2.39. The van der Waals surface area contributed by atoms with Gasteiger partial charge < -0.3 is 9.47 Å². The van der Waals surface area contributed by atoms with Crippen LogP contribution in [0.3, 0.4) is 0 Å². The number of amides is 1. The average molecular weight is 435 g/mol. The molecule has 5 rings (SSSR count). The molecule has 0 spiro atoms. The molecule has 0 aromatic carbocycles. The average Bonchev–Trinajstić information content (AvgIpc) is 3.51. The monoisotopic (exact) mass is 434 g/mol. The Kier molecular flexibility index (Phi) is 4.58. The molecule has 0 bridgehead atoms. The van der Waals surface area contributed by atoms with E-state index in [2.05, 4.69) is 15.1 Å². The van der Waals surface area contributed by atoms with Crippen LogP contribution in [0.1, 0.15) is 13.3 Å². The maximum atomic E-state index is 13.1. The zero-order chi connectivity index (χ0) is 21.7. The molecular weight excluding hydrogens is 412 g/mol. The predicted octanol–water partition coefficient (Wildman–Crippen LogP) is 3.23. The third-order valence-corrected chi connectivity index (χ3v) is 6.33. The normalized spacial score (nSPS) is 16.1. The van der Waals surface area contributed by atoms with Crippen molar-refractivity contribution in [3.8, 4) is 22.1 Å². The molecule has 10 heteroatoms. The Bertz CT molecular complexity index is 1260. The Labute approximate surface area is 183 Å². The second-order valence-corrected chi connectivity index (χ2v) is 8.36. The predicted molar refractivity (Wildman–Crippen MR) is 120 cm³/mol. The molecule has 1 amide bonds. The van der Waals surface area contributed by atoms with E-state index in [4.69, 9.17) is 4.98 Å². The summed E-state index contributed by atoms with van der Waals surface area (Å²) < 4.78 is 3.75. The molecule has 0 saturated heterocycles. The Hall–Kier alpha value is -3.53. The van der Waals surface area contributed by atoms with Crippen LogP contribution >= 0.6 is 11.3 Å². The highest BCUT2D eigenvalue weighted by Gasteiger charge is 2.39. The first-order valence-corrected chi connectivity index (χ1v) is 10.9. The number of fused-ring (bicyclic) bond motifs is 1. The summed E-state index contributed by atoms with van der Waals surface area (Å²) in [5, 5.41) is 7.41. The van der Waals surface area contributed by atoms with Crippen LogP contribution in [0.25, 0.3) is 22.1 Å². The molecule has 31 heavy (non-hydrogen) atoms. The number of likely N-dealkylation sites (N-methyl/N-ethyl adjacent to an activating group) is 1. The van der Waals surface area contributed by atoms with Gasteiger partial charge in [0.25, 0.3) is 0 Å². The minimum Gasteiger partial charge on any atom is -0.348 e. The number of hydrogen-bond donors (Lipinski definition) is 0. The first kappa shape index (κ1) is 19.4. The van der Waals surface area contributed by atoms with E-state index in [1.807, 2.05) is 60.4 Å². The van der Waals surface area contributed by atoms with Gasteiger partial charge in [-0.1, -0.05) is 6.92 Å². The van der Waals surface area contributed by atoms with E-state index in [9.17, 15) is 4.79 Å². The summed E-state index contributed by atoms with van der Waals surface area (Å²) in [5.41, 5.74) is 2.52. The number of thiazole rings is 1. The first-order valence-electron chi connectivity index (χ1n) is 9.98. The van der Waals surface area contributed by atoms with Crippen LogP contribution in [0.5, 0.6) is 0 Å². The van der Waals surface area contributed by atoms with Crippen LogP contribution in [-0.4, -0.2) is 48.3 Å². The lowest BCUT2D eigenvalue weighted by molar-refractivity contribution is -0.119. The molecular formula is C21H22N8OS. The molecule has 1 aliphatic rings. The highest BCUT2D eigenvalue weighted by molar-refractivity contribution is 7.13. The molecule has 0 saturated carbocycles. The third kappa shape index (κ3) is 3.02. The van der Waals surface area contributed by atoms with Crippen molar-refractivity contribution in [1.82, 2.24) is 29.3 Å². The highest BCUT2D eigenvalue weighted by Crippen LogP contribution is 2.41. The van der Waals surface area contributed by atoms with Gasteiger partial charge in [-0.3, -0.25) is 14.4 Å². The van der Waals surface area contributed by atoms with Gasteiger partial charge in [0.2, 0.25) is 5.91 Å². The standard InChI is InChI=1S/C21H22N8OS/c1-5-14-21(30)28(4)15-12-23-18(24-19(15)29(14)16-7-10-27(3)25-16)13-6-9-26(2)17(13)20-22-8-11-31-20/h6-12,14H,5H2,1-4H3/t14-/m1/s1. The maximum Gasteiger partial charge on any atom is 0.250 e. The molecule has 5 heterocycles. The molecule has 0 radical (unpaired) electrons. The number of carbonyl (C=O) groups is 1. The van der Waals surface area contributed by atoms with Gasteiger partial charge >= 0.3 is 0 Å². The van der Waals surface area contributed by atoms with Gasteiger partial charge in [0.1, 0.15) is 16.7 Å². The van der Waals surface area contributed by atoms with Gasteiger partial charge in [-0.25, -0.2) is 15.0 Å². The fourth-order valence-corrected chi connectivity index (χ4v) is 4.72. The summed E-state index contributed by atoms with van der Waals surface area (Å²) in [6, 6.07) is 3.51. The van der Waals surface area contributed by atoms with E-state index in [1.165, 1.54) is 0 Å². The first-order chi connectivity index (χ1) is 15.0. The zero-order valence-corrected chi connectivity index (χ0v) is 18.5. The molecule has 4 aromatic heterocycles. The molecule has 9 nitrogen and oxygen atoms in total. The zero-order valence-electron chi connectivity index (χ0n) is 17.7. The van der Waals surface area contributed by atoms with Crippen molar-refractivity contribution in [2.24, 2.45) is 14.1 Å². The summed E-state index contributed by atoms with van der Waals surface area (Å²) in [6.45, 7) is 2.00. The summed E-state index contributed by atoms with van der Waals surface area (Å²) in [7, 11) is 5.61. The van der Waals surface area contributed by atoms with E-state index >= 15 is 0 Å². The van der Waals surface area contributed by atoms with Crippen LogP contribution in [0.4, 0.5) is 17.3 Å². The van der Waals surface area contributed by atoms with Crippen LogP contribution in [0.15, 0.2) is 42.3 Å². The molecule has 0 N–H and O–H groups in total. The van der Waals surface area contributed by atoms with Crippen molar-refractivity contribution in [2.75, 3.05) is 16.8 Å². The number of anilines is 3. The van der Waals surface area contributed by atoms with Crippen molar-refractivity contribution in [3.05, 3.63) is 42.3 Å². The second kappa shape index (κ2) is 7.31. The van der Waals surface area contributed by atoms with E-state index in [0.29, 0.717) is 29.6 Å². The molecule has 1 atom stereocenters. The van der Waals surface area contributed by atoms with Crippen LogP contribution in [0, 0.1) is 0 Å². The lowest BCUT2D eigenvalue weighted by Crippen LogP contribution is -2.50. The van der Waals surface area contributed by atoms with Gasteiger partial charge in [-0.15, -0.1) is 11.3 Å². The van der Waals surface area contributed by atoms with Gasteiger partial charge in [0.05, 0.1) is 11.9 Å². The largest absolute Gasteiger partial charge is 0.348 e. The van der Waals surface area contributed by atoms with E-state index in [0.717, 1.165) is 16.3 Å². The van der Waals surface area contributed by atoms with Gasteiger partial charge in [-0.05, 0) is 12.5 Å². The van der Waals surface area contributed by atoms with Crippen molar-refractivity contribution in [2.45, 2.75) is 19.4 Å². The van der Waals surface area contributed by atoms with Crippen molar-refractivity contribution < 1.29 is 4.79 Å². The quantitative estimate of drug-likeness (QED) is 0.490. The molecule has 1 aliphatic heterocycles. The number of hydrogen-bond acceptors (Lipinski definition) is 7. The summed E-state index contributed by atoms with van der Waals surface area (Å²) in [4.78, 5) is 30.7. The molecule has 0 aliphatic carbocycles.